The third-order valence-electron chi connectivity index (χ3n) is 3.80. The highest BCUT2D eigenvalue weighted by atomic mass is 35.5. The number of nitro groups is 1. The number of nitrogens with zero attached hydrogens (tertiary/aromatic N) is 2. The molecule has 1 heterocycles. The van der Waals surface area contributed by atoms with E-state index in [0.717, 1.165) is 17.8 Å². The highest BCUT2D eigenvalue weighted by Gasteiger charge is 2.20. The molecule has 0 aliphatic carbocycles. The Balaban J connectivity index is 1.67. The van der Waals surface area contributed by atoms with Crippen LogP contribution in [0, 0.1) is 15.9 Å². The Morgan fingerprint density at radius 3 is 2.61 bits per heavy atom. The van der Waals surface area contributed by atoms with E-state index in [9.17, 15) is 24.1 Å². The van der Waals surface area contributed by atoms with Crippen LogP contribution in [0.5, 0.6) is 0 Å². The topological polar surface area (TPSA) is 111 Å². The first kappa shape index (κ1) is 22.2. The summed E-state index contributed by atoms with van der Waals surface area (Å²) in [6.07, 6.45) is 1.45. The van der Waals surface area contributed by atoms with Crippen molar-refractivity contribution in [2.24, 2.45) is 0 Å². The summed E-state index contributed by atoms with van der Waals surface area (Å²) in [5.41, 5.74) is -0.166. The number of anilines is 1. The van der Waals surface area contributed by atoms with Crippen LogP contribution in [0.3, 0.4) is 0 Å². The lowest BCUT2D eigenvalue weighted by Gasteiger charge is -2.08. The van der Waals surface area contributed by atoms with Gasteiger partial charge in [-0.3, -0.25) is 14.9 Å². The van der Waals surface area contributed by atoms with Crippen molar-refractivity contribution in [3.05, 3.63) is 87.4 Å². The molecule has 3 aromatic rings. The predicted molar refractivity (Wildman–Crippen MR) is 112 cm³/mol. The Morgan fingerprint density at radius 1 is 1.19 bits per heavy atom. The molecule has 0 unspecified atom stereocenters. The van der Waals surface area contributed by atoms with Crippen molar-refractivity contribution in [1.82, 2.24) is 4.98 Å². The fraction of sp³-hybridized carbons (Fsp3) is 0.0500. The molecule has 31 heavy (non-hydrogen) atoms. The second-order valence-electron chi connectivity index (χ2n) is 5.96. The van der Waals surface area contributed by atoms with Gasteiger partial charge in [-0.2, -0.15) is 0 Å². The minimum Gasteiger partial charge on any atom is -0.452 e. The zero-order valence-electron chi connectivity index (χ0n) is 15.6. The Hall–Kier alpha value is -3.50. The van der Waals surface area contributed by atoms with E-state index in [1.54, 1.807) is 6.07 Å². The summed E-state index contributed by atoms with van der Waals surface area (Å²) in [7, 11) is 0. The van der Waals surface area contributed by atoms with Crippen molar-refractivity contribution in [2.75, 3.05) is 11.9 Å². The number of halogens is 2. The van der Waals surface area contributed by atoms with Crippen molar-refractivity contribution >= 4 is 46.6 Å². The zero-order chi connectivity index (χ0) is 22.4. The molecule has 0 atom stereocenters. The van der Waals surface area contributed by atoms with Crippen molar-refractivity contribution in [2.45, 2.75) is 9.79 Å². The molecule has 0 bridgehead atoms. The number of aromatic nitrogens is 1. The molecule has 0 saturated carbocycles. The van der Waals surface area contributed by atoms with E-state index in [1.165, 1.54) is 48.7 Å². The number of amides is 1. The predicted octanol–water partition coefficient (Wildman–Crippen LogP) is 4.73. The summed E-state index contributed by atoms with van der Waals surface area (Å²) in [6, 6.07) is 12.3. The van der Waals surface area contributed by atoms with Gasteiger partial charge in [0.2, 0.25) is 0 Å². The van der Waals surface area contributed by atoms with E-state index in [4.69, 9.17) is 16.3 Å². The van der Waals surface area contributed by atoms with Gasteiger partial charge >= 0.3 is 5.97 Å². The summed E-state index contributed by atoms with van der Waals surface area (Å²) in [4.78, 5) is 39.6. The first-order valence-electron chi connectivity index (χ1n) is 8.63. The normalized spacial score (nSPS) is 10.4. The number of nitrogens with one attached hydrogen (secondary N) is 1. The number of pyridine rings is 1. The molecule has 8 nitrogen and oxygen atoms in total. The Labute approximate surface area is 184 Å². The molecule has 3 rings (SSSR count). The highest BCUT2D eigenvalue weighted by Crippen LogP contribution is 2.35. The minimum absolute atomic E-state index is 0.0760. The molecule has 0 spiro atoms. The van der Waals surface area contributed by atoms with E-state index in [-0.39, 0.29) is 27.0 Å². The fourth-order valence-corrected chi connectivity index (χ4v) is 3.45. The van der Waals surface area contributed by atoms with Crippen LogP contribution in [0.25, 0.3) is 0 Å². The lowest BCUT2D eigenvalue weighted by Crippen LogP contribution is -2.21. The van der Waals surface area contributed by atoms with E-state index in [2.05, 4.69) is 10.3 Å². The third kappa shape index (κ3) is 6.00. The smallest absolute Gasteiger partial charge is 0.338 e. The summed E-state index contributed by atoms with van der Waals surface area (Å²) in [6.45, 7) is -0.621. The lowest BCUT2D eigenvalue weighted by atomic mass is 10.2. The number of hydrogen-bond acceptors (Lipinski definition) is 7. The number of esters is 1. The first-order valence-corrected chi connectivity index (χ1v) is 9.82. The van der Waals surface area contributed by atoms with Gasteiger partial charge in [0.15, 0.2) is 11.8 Å². The molecule has 2 aromatic carbocycles. The molecule has 1 amide bonds. The monoisotopic (exact) mass is 461 g/mol. The van der Waals surface area contributed by atoms with Gasteiger partial charge in [-0.15, -0.1) is 0 Å². The van der Waals surface area contributed by atoms with E-state index < -0.39 is 29.2 Å². The van der Waals surface area contributed by atoms with Crippen molar-refractivity contribution in [3.8, 4) is 0 Å². The Bertz CT molecular complexity index is 1140. The van der Waals surface area contributed by atoms with Crippen LogP contribution in [0.4, 0.5) is 15.8 Å². The number of ether oxygens (including phenoxy) is 1. The Morgan fingerprint density at radius 2 is 1.94 bits per heavy atom. The van der Waals surface area contributed by atoms with Crippen LogP contribution in [0.1, 0.15) is 10.4 Å². The van der Waals surface area contributed by atoms with Gasteiger partial charge in [-0.25, -0.2) is 14.2 Å². The summed E-state index contributed by atoms with van der Waals surface area (Å²) in [5.74, 6) is -1.98. The van der Waals surface area contributed by atoms with Gasteiger partial charge in [0.25, 0.3) is 11.6 Å². The van der Waals surface area contributed by atoms with Crippen LogP contribution in [0.15, 0.2) is 70.6 Å². The van der Waals surface area contributed by atoms with Gasteiger partial charge < -0.3 is 10.1 Å². The highest BCUT2D eigenvalue weighted by molar-refractivity contribution is 7.99. The maximum atomic E-state index is 13.0. The van der Waals surface area contributed by atoms with Crippen LogP contribution in [0.2, 0.25) is 5.15 Å². The zero-order valence-corrected chi connectivity index (χ0v) is 17.2. The molecule has 1 N–H and O–H groups in total. The van der Waals surface area contributed by atoms with Gasteiger partial charge in [0.1, 0.15) is 5.82 Å². The minimum atomic E-state index is -0.908. The number of carbonyl (C=O) groups excluding carboxylic acids is 2. The quantitative estimate of drug-likeness (QED) is 0.234. The van der Waals surface area contributed by atoms with E-state index >= 15 is 0 Å². The van der Waals surface area contributed by atoms with Crippen molar-refractivity contribution in [3.63, 3.8) is 0 Å². The Kier molecular flexibility index (Phi) is 7.16. The average Bonchev–Trinajstić information content (AvgIpc) is 2.75. The van der Waals surface area contributed by atoms with Gasteiger partial charge in [0.05, 0.1) is 21.1 Å². The number of hydrogen-bond donors (Lipinski definition) is 1. The molecule has 0 aliphatic heterocycles. The van der Waals surface area contributed by atoms with Gasteiger partial charge in [0, 0.05) is 17.2 Å². The van der Waals surface area contributed by atoms with Crippen LogP contribution in [-0.2, 0) is 9.53 Å². The molecular formula is C20H13ClFN3O5S. The first-order chi connectivity index (χ1) is 14.8. The molecule has 11 heteroatoms. The number of benzene rings is 2. The fourth-order valence-electron chi connectivity index (χ4n) is 2.38. The average molecular weight is 462 g/mol. The molecule has 0 aliphatic rings. The third-order valence-corrected chi connectivity index (χ3v) is 5.17. The number of carbonyl (C=O) groups is 2. The second kappa shape index (κ2) is 10.0. The number of nitro benzene ring substituents is 1. The summed E-state index contributed by atoms with van der Waals surface area (Å²) in [5, 5.41) is 14.0. The molecule has 0 saturated heterocycles. The van der Waals surface area contributed by atoms with Gasteiger partial charge in [-0.1, -0.05) is 23.4 Å². The van der Waals surface area contributed by atoms with Gasteiger partial charge in [-0.05, 0) is 48.5 Å². The summed E-state index contributed by atoms with van der Waals surface area (Å²) >= 11 is 6.89. The second-order valence-corrected chi connectivity index (χ2v) is 7.44. The van der Waals surface area contributed by atoms with Crippen molar-refractivity contribution < 1.29 is 23.6 Å². The molecule has 158 valence electrons. The maximum Gasteiger partial charge on any atom is 0.338 e. The SMILES string of the molecule is O=C(COC(=O)c1ccc(Sc2ccc(F)cc2)c([N+](=O)[O-])c1)Nc1cccnc1Cl. The van der Waals surface area contributed by atoms with E-state index in [0.29, 0.717) is 4.90 Å². The van der Waals surface area contributed by atoms with Crippen LogP contribution < -0.4 is 5.32 Å². The lowest BCUT2D eigenvalue weighted by molar-refractivity contribution is -0.387. The van der Waals surface area contributed by atoms with Crippen LogP contribution in [-0.4, -0.2) is 28.4 Å². The van der Waals surface area contributed by atoms with Crippen molar-refractivity contribution in [1.29, 1.82) is 0 Å². The summed E-state index contributed by atoms with van der Waals surface area (Å²) < 4.78 is 18.0. The molecule has 0 radical (unpaired) electrons. The largest absolute Gasteiger partial charge is 0.452 e. The van der Waals surface area contributed by atoms with E-state index in [1.807, 2.05) is 0 Å². The molecule has 1 aromatic heterocycles. The standard InChI is InChI=1S/C20H13ClFN3O5S/c21-19-15(2-1-9-23-19)24-18(26)11-30-20(27)12-3-8-17(16(10-12)25(28)29)31-14-6-4-13(22)5-7-14/h1-10H,11H2,(H,24,26). The number of rotatable bonds is 7. The molecular weight excluding hydrogens is 449 g/mol. The molecule has 0 fully saturated rings. The maximum absolute atomic E-state index is 13.0. The van der Waals surface area contributed by atoms with Crippen LogP contribution >= 0.6 is 23.4 Å².